The number of allylic oxidation sites excluding steroid dienone is 1. The molecule has 0 aliphatic rings. The maximum absolute atomic E-state index is 13.7. The highest BCUT2D eigenvalue weighted by Crippen LogP contribution is 2.23. The fourth-order valence-electron chi connectivity index (χ4n) is 1.80. The number of methoxy groups -OCH3 is 1. The molecule has 0 spiro atoms. The van der Waals surface area contributed by atoms with Crippen molar-refractivity contribution in [2.24, 2.45) is 0 Å². The van der Waals surface area contributed by atoms with Gasteiger partial charge in [-0.25, -0.2) is 12.8 Å². The minimum absolute atomic E-state index is 0.0517. The highest BCUT2D eigenvalue weighted by Gasteiger charge is 2.21. The van der Waals surface area contributed by atoms with Gasteiger partial charge in [-0.05, 0) is 42.5 Å². The van der Waals surface area contributed by atoms with Crippen molar-refractivity contribution in [2.45, 2.75) is 4.90 Å². The number of ether oxygens (including phenoxy) is 1. The Kier molecular flexibility index (Phi) is 5.59. The fourth-order valence-corrected chi connectivity index (χ4v) is 3.22. The molecule has 1 N–H and O–H groups in total. The van der Waals surface area contributed by atoms with Crippen LogP contribution in [-0.2, 0) is 9.84 Å². The number of anilines is 1. The second-order valence-electron chi connectivity index (χ2n) is 4.57. The molecule has 0 saturated heterocycles. The van der Waals surface area contributed by atoms with Crippen LogP contribution in [0.4, 0.5) is 10.1 Å². The average molecular weight is 411 g/mol. The SMILES string of the molecule is COc1ccc(S(=O)(=O)/C(C#N)=C/Nc2ccc(Br)cc2F)cc1. The third kappa shape index (κ3) is 3.93. The van der Waals surface area contributed by atoms with Gasteiger partial charge >= 0.3 is 0 Å². The Bertz CT molecular complexity index is 919. The summed E-state index contributed by atoms with van der Waals surface area (Å²) in [6, 6.07) is 11.5. The summed E-state index contributed by atoms with van der Waals surface area (Å²) in [7, 11) is -2.56. The van der Waals surface area contributed by atoms with E-state index < -0.39 is 20.6 Å². The van der Waals surface area contributed by atoms with E-state index in [-0.39, 0.29) is 10.6 Å². The summed E-state index contributed by atoms with van der Waals surface area (Å²) in [6.07, 6.45) is 0.964. The number of hydrogen-bond donors (Lipinski definition) is 1. The first-order valence-electron chi connectivity index (χ1n) is 6.59. The van der Waals surface area contributed by atoms with E-state index in [2.05, 4.69) is 21.2 Å². The molecule has 5 nitrogen and oxygen atoms in total. The van der Waals surface area contributed by atoms with Crippen molar-refractivity contribution in [1.29, 1.82) is 5.26 Å². The zero-order valence-corrected chi connectivity index (χ0v) is 14.9. The zero-order valence-electron chi connectivity index (χ0n) is 12.5. The lowest BCUT2D eigenvalue weighted by atomic mass is 10.3. The molecule has 124 valence electrons. The van der Waals surface area contributed by atoms with E-state index in [4.69, 9.17) is 10.00 Å². The van der Waals surface area contributed by atoms with E-state index in [0.717, 1.165) is 6.20 Å². The maximum atomic E-state index is 13.7. The Morgan fingerprint density at radius 1 is 1.29 bits per heavy atom. The van der Waals surface area contributed by atoms with Crippen molar-refractivity contribution in [3.05, 3.63) is 63.9 Å². The van der Waals surface area contributed by atoms with E-state index in [1.54, 1.807) is 12.1 Å². The van der Waals surface area contributed by atoms with Gasteiger partial charge in [-0.1, -0.05) is 15.9 Å². The summed E-state index contributed by atoms with van der Waals surface area (Å²) in [6.45, 7) is 0. The topological polar surface area (TPSA) is 79.2 Å². The molecule has 0 heterocycles. The van der Waals surface area contributed by atoms with Crippen LogP contribution in [0.25, 0.3) is 0 Å². The summed E-state index contributed by atoms with van der Waals surface area (Å²) in [5, 5.41) is 11.7. The maximum Gasteiger partial charge on any atom is 0.218 e. The lowest BCUT2D eigenvalue weighted by molar-refractivity contribution is 0.414. The van der Waals surface area contributed by atoms with Crippen LogP contribution < -0.4 is 10.1 Å². The summed E-state index contributed by atoms with van der Waals surface area (Å²) < 4.78 is 44.1. The van der Waals surface area contributed by atoms with Gasteiger partial charge in [0.25, 0.3) is 0 Å². The Morgan fingerprint density at radius 2 is 1.96 bits per heavy atom. The first-order chi connectivity index (χ1) is 11.4. The number of halogens is 2. The van der Waals surface area contributed by atoms with E-state index in [1.165, 1.54) is 43.5 Å². The van der Waals surface area contributed by atoms with Gasteiger partial charge in [0.2, 0.25) is 9.84 Å². The van der Waals surface area contributed by atoms with Crippen LogP contribution in [-0.4, -0.2) is 15.5 Å². The van der Waals surface area contributed by atoms with E-state index >= 15 is 0 Å². The van der Waals surface area contributed by atoms with Gasteiger partial charge < -0.3 is 10.1 Å². The van der Waals surface area contributed by atoms with Crippen LogP contribution >= 0.6 is 15.9 Å². The molecule has 0 atom stereocenters. The number of nitrogens with zero attached hydrogens (tertiary/aromatic N) is 1. The molecule has 0 aromatic heterocycles. The molecule has 0 unspecified atom stereocenters. The van der Waals surface area contributed by atoms with Crippen LogP contribution in [0.5, 0.6) is 5.75 Å². The molecular weight excluding hydrogens is 399 g/mol. The molecule has 24 heavy (non-hydrogen) atoms. The average Bonchev–Trinajstić information content (AvgIpc) is 2.57. The molecule has 2 rings (SSSR count). The van der Waals surface area contributed by atoms with Crippen molar-refractivity contribution >= 4 is 31.5 Å². The highest BCUT2D eigenvalue weighted by molar-refractivity contribution is 9.10. The zero-order chi connectivity index (χ0) is 17.7. The van der Waals surface area contributed by atoms with Gasteiger partial charge in [0.15, 0.2) is 4.91 Å². The molecule has 0 aliphatic heterocycles. The molecule has 8 heteroatoms. The number of nitrogens with one attached hydrogen (secondary N) is 1. The van der Waals surface area contributed by atoms with E-state index in [1.807, 2.05) is 0 Å². The number of sulfone groups is 1. The largest absolute Gasteiger partial charge is 0.497 e. The van der Waals surface area contributed by atoms with Crippen LogP contribution in [0.1, 0.15) is 0 Å². The van der Waals surface area contributed by atoms with Crippen molar-refractivity contribution < 1.29 is 17.5 Å². The summed E-state index contributed by atoms with van der Waals surface area (Å²) >= 11 is 3.12. The molecule has 0 saturated carbocycles. The lowest BCUT2D eigenvalue weighted by Gasteiger charge is -2.06. The van der Waals surface area contributed by atoms with Crippen molar-refractivity contribution in [3.63, 3.8) is 0 Å². The Hall–Kier alpha value is -2.37. The predicted octanol–water partition coefficient (Wildman–Crippen LogP) is 3.85. The monoisotopic (exact) mass is 410 g/mol. The minimum atomic E-state index is -4.02. The predicted molar refractivity (Wildman–Crippen MR) is 91.6 cm³/mol. The Labute approximate surface area is 147 Å². The first kappa shape index (κ1) is 18.0. The third-order valence-corrected chi connectivity index (χ3v) is 5.23. The second-order valence-corrected chi connectivity index (χ2v) is 7.40. The number of hydrogen-bond acceptors (Lipinski definition) is 5. The van der Waals surface area contributed by atoms with Gasteiger partial charge in [0, 0.05) is 10.7 Å². The smallest absolute Gasteiger partial charge is 0.218 e. The van der Waals surface area contributed by atoms with Crippen molar-refractivity contribution in [1.82, 2.24) is 0 Å². The fraction of sp³-hybridized carbons (Fsp3) is 0.0625. The molecule has 2 aromatic carbocycles. The Morgan fingerprint density at radius 3 is 2.50 bits per heavy atom. The first-order valence-corrected chi connectivity index (χ1v) is 8.87. The van der Waals surface area contributed by atoms with Gasteiger partial charge in [0.1, 0.15) is 17.6 Å². The quantitative estimate of drug-likeness (QED) is 0.757. The molecule has 0 radical (unpaired) electrons. The van der Waals surface area contributed by atoms with Gasteiger partial charge in [0.05, 0.1) is 17.7 Å². The van der Waals surface area contributed by atoms with Crippen LogP contribution in [0.3, 0.4) is 0 Å². The number of rotatable bonds is 5. The van der Waals surface area contributed by atoms with Crippen LogP contribution in [0.15, 0.2) is 62.9 Å². The normalized spacial score (nSPS) is 11.7. The number of benzene rings is 2. The molecule has 2 aromatic rings. The van der Waals surface area contributed by atoms with E-state index in [9.17, 15) is 12.8 Å². The van der Waals surface area contributed by atoms with Crippen molar-refractivity contribution in [3.8, 4) is 11.8 Å². The van der Waals surface area contributed by atoms with Crippen molar-refractivity contribution in [2.75, 3.05) is 12.4 Å². The summed E-state index contributed by atoms with van der Waals surface area (Å²) in [4.78, 5) is -0.593. The Balaban J connectivity index is 2.33. The standard InChI is InChI=1S/C16H12BrFN2O3S/c1-23-12-3-5-13(6-4-12)24(21,22)14(9-19)10-20-16-7-2-11(17)8-15(16)18/h2-8,10,20H,1H3/b14-10+. The molecular formula is C16H12BrFN2O3S. The summed E-state index contributed by atoms with van der Waals surface area (Å²) in [5.74, 6) is -0.0914. The second kappa shape index (κ2) is 7.47. The minimum Gasteiger partial charge on any atom is -0.497 e. The third-order valence-electron chi connectivity index (χ3n) is 3.06. The summed E-state index contributed by atoms with van der Waals surface area (Å²) in [5.41, 5.74) is 0.0517. The lowest BCUT2D eigenvalue weighted by Crippen LogP contribution is -2.06. The van der Waals surface area contributed by atoms with Crippen LogP contribution in [0.2, 0.25) is 0 Å². The molecule has 0 amide bonds. The van der Waals surface area contributed by atoms with Gasteiger partial charge in [-0.2, -0.15) is 5.26 Å². The van der Waals surface area contributed by atoms with Crippen LogP contribution in [0, 0.1) is 17.1 Å². The van der Waals surface area contributed by atoms with E-state index in [0.29, 0.717) is 10.2 Å². The molecule has 0 aliphatic carbocycles. The van der Waals surface area contributed by atoms with Gasteiger partial charge in [-0.15, -0.1) is 0 Å². The molecule has 0 bridgehead atoms. The molecule has 0 fully saturated rings. The highest BCUT2D eigenvalue weighted by atomic mass is 79.9. The van der Waals surface area contributed by atoms with Gasteiger partial charge in [-0.3, -0.25) is 0 Å². The number of nitriles is 1.